The van der Waals surface area contributed by atoms with Crippen LogP contribution in [0.25, 0.3) is 0 Å². The van der Waals surface area contributed by atoms with Crippen LogP contribution in [0.5, 0.6) is 0 Å². The molecule has 4 nitrogen and oxygen atoms in total. The van der Waals surface area contributed by atoms with E-state index < -0.39 is 0 Å². The Morgan fingerprint density at radius 3 is 2.95 bits per heavy atom. The Hall–Kier alpha value is -1.00. The first-order chi connectivity index (χ1) is 8.99. The standard InChI is InChI=1S/C14H22ClN3O/c1-10(2)18-8-11(15)7-13(18)14(19)17(3)9-12-5-4-6-16-12/h7-8,10,12,16H,4-6,9H2,1-3H3. The normalized spacial score (nSPS) is 19.1. The minimum atomic E-state index is 0.0364. The molecule has 19 heavy (non-hydrogen) atoms. The molecule has 0 spiro atoms. The second-order valence-corrected chi connectivity index (χ2v) is 5.96. The van der Waals surface area contributed by atoms with Gasteiger partial charge in [0.15, 0.2) is 0 Å². The molecule has 1 aromatic heterocycles. The Labute approximate surface area is 119 Å². The van der Waals surface area contributed by atoms with E-state index in [9.17, 15) is 4.79 Å². The van der Waals surface area contributed by atoms with Crippen molar-refractivity contribution in [3.05, 3.63) is 23.0 Å². The molecule has 2 rings (SSSR count). The number of halogens is 1. The zero-order chi connectivity index (χ0) is 14.0. The van der Waals surface area contributed by atoms with Gasteiger partial charge in [0.1, 0.15) is 5.69 Å². The maximum Gasteiger partial charge on any atom is 0.270 e. The van der Waals surface area contributed by atoms with Crippen LogP contribution in [0, 0.1) is 0 Å². The van der Waals surface area contributed by atoms with Gasteiger partial charge in [0.2, 0.25) is 0 Å². The third kappa shape index (κ3) is 3.31. The maximum absolute atomic E-state index is 12.5. The van der Waals surface area contributed by atoms with Crippen molar-refractivity contribution < 1.29 is 4.79 Å². The highest BCUT2D eigenvalue weighted by Gasteiger charge is 2.22. The minimum absolute atomic E-state index is 0.0364. The Kier molecular flexibility index (Phi) is 4.53. The largest absolute Gasteiger partial charge is 0.339 e. The molecule has 1 aliphatic rings. The average molecular weight is 284 g/mol. The van der Waals surface area contributed by atoms with Crippen molar-refractivity contribution in [3.63, 3.8) is 0 Å². The van der Waals surface area contributed by atoms with E-state index in [-0.39, 0.29) is 11.9 Å². The van der Waals surface area contributed by atoms with Gasteiger partial charge in [0.05, 0.1) is 5.02 Å². The van der Waals surface area contributed by atoms with Gasteiger partial charge >= 0.3 is 0 Å². The summed E-state index contributed by atoms with van der Waals surface area (Å²) < 4.78 is 1.93. The lowest BCUT2D eigenvalue weighted by molar-refractivity contribution is 0.0771. The molecule has 0 aliphatic carbocycles. The van der Waals surface area contributed by atoms with Crippen molar-refractivity contribution in [1.82, 2.24) is 14.8 Å². The van der Waals surface area contributed by atoms with Crippen LogP contribution in [0.1, 0.15) is 43.2 Å². The summed E-state index contributed by atoms with van der Waals surface area (Å²) in [6.45, 7) is 5.90. The van der Waals surface area contributed by atoms with E-state index in [0.29, 0.717) is 16.8 Å². The first-order valence-electron chi connectivity index (χ1n) is 6.85. The Morgan fingerprint density at radius 1 is 1.63 bits per heavy atom. The number of carbonyl (C=O) groups is 1. The second kappa shape index (κ2) is 5.97. The Bertz CT molecular complexity index is 450. The lowest BCUT2D eigenvalue weighted by atomic mass is 10.2. The molecule has 1 atom stereocenters. The predicted molar refractivity (Wildman–Crippen MR) is 77.8 cm³/mol. The van der Waals surface area contributed by atoms with Gasteiger partial charge in [-0.3, -0.25) is 4.79 Å². The van der Waals surface area contributed by atoms with E-state index in [1.165, 1.54) is 6.42 Å². The van der Waals surface area contributed by atoms with Crippen molar-refractivity contribution in [2.45, 2.75) is 38.8 Å². The summed E-state index contributed by atoms with van der Waals surface area (Å²) in [7, 11) is 1.86. The molecule has 1 unspecified atom stereocenters. The van der Waals surface area contributed by atoms with Gasteiger partial charge in [-0.1, -0.05) is 11.6 Å². The fraction of sp³-hybridized carbons (Fsp3) is 0.643. The van der Waals surface area contributed by atoms with E-state index in [0.717, 1.165) is 19.5 Å². The lowest BCUT2D eigenvalue weighted by Gasteiger charge is -2.22. The van der Waals surface area contributed by atoms with Crippen molar-refractivity contribution in [3.8, 4) is 0 Å². The van der Waals surface area contributed by atoms with Crippen LogP contribution in [-0.2, 0) is 0 Å². The zero-order valence-electron chi connectivity index (χ0n) is 11.8. The fourth-order valence-corrected chi connectivity index (χ4v) is 2.77. The Morgan fingerprint density at radius 2 is 2.37 bits per heavy atom. The monoisotopic (exact) mass is 283 g/mol. The number of nitrogens with one attached hydrogen (secondary N) is 1. The number of aromatic nitrogens is 1. The van der Waals surface area contributed by atoms with Gasteiger partial charge in [-0.25, -0.2) is 0 Å². The second-order valence-electron chi connectivity index (χ2n) is 5.52. The van der Waals surface area contributed by atoms with Crippen LogP contribution in [0.2, 0.25) is 5.02 Å². The van der Waals surface area contributed by atoms with Crippen molar-refractivity contribution in [1.29, 1.82) is 0 Å². The smallest absolute Gasteiger partial charge is 0.270 e. The molecular formula is C14H22ClN3O. The van der Waals surface area contributed by atoms with Gasteiger partial charge in [-0.2, -0.15) is 0 Å². The molecule has 1 amide bonds. The zero-order valence-corrected chi connectivity index (χ0v) is 12.6. The summed E-state index contributed by atoms with van der Waals surface area (Å²) in [5.41, 5.74) is 0.667. The van der Waals surface area contributed by atoms with E-state index in [1.54, 1.807) is 11.0 Å². The molecule has 2 heterocycles. The fourth-order valence-electron chi connectivity index (χ4n) is 2.57. The topological polar surface area (TPSA) is 37.3 Å². The van der Waals surface area contributed by atoms with E-state index in [1.807, 2.05) is 31.7 Å². The van der Waals surface area contributed by atoms with E-state index >= 15 is 0 Å². The van der Waals surface area contributed by atoms with Crippen molar-refractivity contribution in [2.75, 3.05) is 20.1 Å². The molecule has 1 saturated heterocycles. The van der Waals surface area contributed by atoms with E-state index in [4.69, 9.17) is 11.6 Å². The molecule has 1 aromatic rings. The molecule has 0 saturated carbocycles. The number of nitrogens with zero attached hydrogens (tertiary/aromatic N) is 2. The average Bonchev–Trinajstić information content (AvgIpc) is 2.97. The van der Waals surface area contributed by atoms with Crippen LogP contribution < -0.4 is 5.32 Å². The predicted octanol–water partition coefficient (Wildman–Crippen LogP) is 2.55. The SMILES string of the molecule is CC(C)n1cc(Cl)cc1C(=O)N(C)CC1CCCN1. The number of hydrogen-bond donors (Lipinski definition) is 1. The third-order valence-electron chi connectivity index (χ3n) is 3.59. The number of carbonyl (C=O) groups excluding carboxylic acids is 1. The molecule has 1 N–H and O–H groups in total. The summed E-state index contributed by atoms with van der Waals surface area (Å²) in [4.78, 5) is 14.3. The Balaban J connectivity index is 2.09. The maximum atomic E-state index is 12.5. The van der Waals surface area contributed by atoms with Crippen LogP contribution in [0.15, 0.2) is 12.3 Å². The molecule has 0 bridgehead atoms. The lowest BCUT2D eigenvalue weighted by Crippen LogP contribution is -2.39. The van der Waals surface area contributed by atoms with Crippen molar-refractivity contribution >= 4 is 17.5 Å². The summed E-state index contributed by atoms with van der Waals surface area (Å²) in [5.74, 6) is 0.0364. The first-order valence-corrected chi connectivity index (χ1v) is 7.23. The summed E-state index contributed by atoms with van der Waals surface area (Å²) in [6, 6.07) is 2.40. The van der Waals surface area contributed by atoms with Crippen LogP contribution >= 0.6 is 11.6 Å². The summed E-state index contributed by atoms with van der Waals surface area (Å²) >= 11 is 6.02. The van der Waals surface area contributed by atoms with Crippen molar-refractivity contribution in [2.24, 2.45) is 0 Å². The molecule has 1 aliphatic heterocycles. The molecule has 0 radical (unpaired) electrons. The van der Waals surface area contributed by atoms with Gasteiger partial charge in [0.25, 0.3) is 5.91 Å². The first kappa shape index (κ1) is 14.4. The van der Waals surface area contributed by atoms with Gasteiger partial charge in [-0.05, 0) is 39.3 Å². The van der Waals surface area contributed by atoms with E-state index in [2.05, 4.69) is 5.32 Å². The highest BCUT2D eigenvalue weighted by atomic mass is 35.5. The molecule has 0 aromatic carbocycles. The quantitative estimate of drug-likeness (QED) is 0.922. The minimum Gasteiger partial charge on any atom is -0.339 e. The van der Waals surface area contributed by atoms with Crippen LogP contribution in [0.4, 0.5) is 0 Å². The van der Waals surface area contributed by atoms with Gasteiger partial charge in [0, 0.05) is 31.9 Å². The third-order valence-corrected chi connectivity index (χ3v) is 3.80. The number of likely N-dealkylation sites (N-methyl/N-ethyl adjacent to an activating group) is 1. The molecule has 106 valence electrons. The number of amides is 1. The van der Waals surface area contributed by atoms with Crippen LogP contribution in [-0.4, -0.2) is 41.6 Å². The highest BCUT2D eigenvalue weighted by molar-refractivity contribution is 6.31. The van der Waals surface area contributed by atoms with Crippen LogP contribution in [0.3, 0.4) is 0 Å². The summed E-state index contributed by atoms with van der Waals surface area (Å²) in [6.07, 6.45) is 4.16. The number of rotatable bonds is 4. The summed E-state index contributed by atoms with van der Waals surface area (Å²) in [5, 5.41) is 4.02. The highest BCUT2D eigenvalue weighted by Crippen LogP contribution is 2.20. The molecule has 1 fully saturated rings. The van der Waals surface area contributed by atoms with Gasteiger partial charge in [-0.15, -0.1) is 0 Å². The number of hydrogen-bond acceptors (Lipinski definition) is 2. The molecule has 5 heteroatoms. The molecular weight excluding hydrogens is 262 g/mol. The van der Waals surface area contributed by atoms with Gasteiger partial charge < -0.3 is 14.8 Å².